The van der Waals surface area contributed by atoms with Crippen LogP contribution in [0.5, 0.6) is 0 Å². The molecule has 0 aromatic carbocycles. The van der Waals surface area contributed by atoms with Crippen molar-refractivity contribution in [1.29, 1.82) is 0 Å². The second kappa shape index (κ2) is 5.17. The Bertz CT molecular complexity index is 190. The molecule has 0 fully saturated rings. The van der Waals surface area contributed by atoms with Gasteiger partial charge in [0.1, 0.15) is 0 Å². The van der Waals surface area contributed by atoms with Gasteiger partial charge in [-0.05, 0) is 18.8 Å². The van der Waals surface area contributed by atoms with Gasteiger partial charge in [0.15, 0.2) is 6.17 Å². The van der Waals surface area contributed by atoms with Gasteiger partial charge in [0.25, 0.3) is 0 Å². The standard InChI is InChI=1S/C8H12F4O2/c1-5(6(9)7(13)14)3-2-4-8(10,11)12/h5-6H,2-4H2,1H3,(H,13,14). The molecule has 14 heavy (non-hydrogen) atoms. The summed E-state index contributed by atoms with van der Waals surface area (Å²) < 4.78 is 47.6. The summed E-state index contributed by atoms with van der Waals surface area (Å²) in [6.07, 6.45) is -7.65. The van der Waals surface area contributed by atoms with Crippen LogP contribution in [-0.2, 0) is 4.79 Å². The molecule has 0 rings (SSSR count). The van der Waals surface area contributed by atoms with Gasteiger partial charge in [-0.3, -0.25) is 0 Å². The number of carboxylic acid groups (broad SMARTS) is 1. The van der Waals surface area contributed by atoms with Crippen molar-refractivity contribution < 1.29 is 27.5 Å². The molecular weight excluding hydrogens is 204 g/mol. The maximum Gasteiger partial charge on any atom is 0.389 e. The van der Waals surface area contributed by atoms with E-state index in [-0.39, 0.29) is 12.8 Å². The Kier molecular flexibility index (Phi) is 4.87. The monoisotopic (exact) mass is 216 g/mol. The van der Waals surface area contributed by atoms with E-state index in [0.29, 0.717) is 0 Å². The molecule has 0 aliphatic carbocycles. The molecule has 1 N–H and O–H groups in total. The smallest absolute Gasteiger partial charge is 0.389 e. The zero-order valence-corrected chi connectivity index (χ0v) is 7.64. The van der Waals surface area contributed by atoms with Gasteiger partial charge in [-0.1, -0.05) is 6.92 Å². The Morgan fingerprint density at radius 3 is 2.29 bits per heavy atom. The van der Waals surface area contributed by atoms with Gasteiger partial charge in [0.2, 0.25) is 0 Å². The number of hydrogen-bond acceptors (Lipinski definition) is 1. The number of alkyl halides is 4. The van der Waals surface area contributed by atoms with Crippen LogP contribution in [0, 0.1) is 5.92 Å². The molecule has 2 atom stereocenters. The summed E-state index contributed by atoms with van der Waals surface area (Å²) in [4.78, 5) is 10.1. The minimum Gasteiger partial charge on any atom is -0.479 e. The molecule has 0 aromatic heterocycles. The molecular formula is C8H12F4O2. The van der Waals surface area contributed by atoms with Crippen LogP contribution in [0.25, 0.3) is 0 Å². The average molecular weight is 216 g/mol. The van der Waals surface area contributed by atoms with E-state index in [4.69, 9.17) is 5.11 Å². The maximum absolute atomic E-state index is 12.7. The van der Waals surface area contributed by atoms with E-state index in [1.807, 2.05) is 0 Å². The number of carbonyl (C=O) groups is 1. The van der Waals surface area contributed by atoms with Crippen LogP contribution < -0.4 is 0 Å². The van der Waals surface area contributed by atoms with Crippen molar-refractivity contribution in [2.75, 3.05) is 0 Å². The van der Waals surface area contributed by atoms with Gasteiger partial charge in [-0.15, -0.1) is 0 Å². The lowest BCUT2D eigenvalue weighted by atomic mass is 9.99. The molecule has 0 aliphatic rings. The predicted molar refractivity (Wildman–Crippen MR) is 41.6 cm³/mol. The Balaban J connectivity index is 3.75. The van der Waals surface area contributed by atoms with E-state index in [1.165, 1.54) is 6.92 Å². The summed E-state index contributed by atoms with van der Waals surface area (Å²) >= 11 is 0. The SMILES string of the molecule is CC(CCCC(F)(F)F)C(F)C(=O)O. The van der Waals surface area contributed by atoms with Crippen molar-refractivity contribution in [2.45, 2.75) is 38.5 Å². The molecule has 2 unspecified atom stereocenters. The lowest BCUT2D eigenvalue weighted by Crippen LogP contribution is -2.23. The summed E-state index contributed by atoms with van der Waals surface area (Å²) in [5.41, 5.74) is 0. The first-order chi connectivity index (χ1) is 6.24. The molecule has 0 aliphatic heterocycles. The largest absolute Gasteiger partial charge is 0.479 e. The van der Waals surface area contributed by atoms with Crippen LogP contribution in [0.2, 0.25) is 0 Å². The highest BCUT2D eigenvalue weighted by atomic mass is 19.4. The number of hydrogen-bond donors (Lipinski definition) is 1. The highest BCUT2D eigenvalue weighted by Gasteiger charge is 2.28. The molecule has 0 heterocycles. The highest BCUT2D eigenvalue weighted by Crippen LogP contribution is 2.25. The van der Waals surface area contributed by atoms with Crippen molar-refractivity contribution in [1.82, 2.24) is 0 Å². The van der Waals surface area contributed by atoms with E-state index in [2.05, 4.69) is 0 Å². The molecule has 0 aromatic rings. The molecule has 0 saturated carbocycles. The number of aliphatic carboxylic acids is 1. The third kappa shape index (κ3) is 5.77. The third-order valence-corrected chi connectivity index (χ3v) is 1.86. The van der Waals surface area contributed by atoms with E-state index < -0.39 is 30.7 Å². The van der Waals surface area contributed by atoms with E-state index in [1.54, 1.807) is 0 Å². The number of rotatable bonds is 5. The second-order valence-corrected chi connectivity index (χ2v) is 3.22. The topological polar surface area (TPSA) is 37.3 Å². The first-order valence-corrected chi connectivity index (χ1v) is 4.17. The van der Waals surface area contributed by atoms with Crippen molar-refractivity contribution in [3.8, 4) is 0 Å². The van der Waals surface area contributed by atoms with Gasteiger partial charge in [0.05, 0.1) is 0 Å². The molecule has 6 heteroatoms. The lowest BCUT2D eigenvalue weighted by Gasteiger charge is -2.13. The van der Waals surface area contributed by atoms with Crippen LogP contribution in [0.3, 0.4) is 0 Å². The number of carboxylic acids is 1. The minimum atomic E-state index is -4.26. The normalized spacial score (nSPS) is 16.4. The van der Waals surface area contributed by atoms with Crippen LogP contribution in [0.15, 0.2) is 0 Å². The quantitative estimate of drug-likeness (QED) is 0.717. The Morgan fingerprint density at radius 2 is 1.93 bits per heavy atom. The first-order valence-electron chi connectivity index (χ1n) is 4.17. The number of halogens is 4. The first kappa shape index (κ1) is 13.2. The molecule has 0 spiro atoms. The van der Waals surface area contributed by atoms with Gasteiger partial charge in [-0.25, -0.2) is 9.18 Å². The van der Waals surface area contributed by atoms with E-state index in [9.17, 15) is 22.4 Å². The van der Waals surface area contributed by atoms with Gasteiger partial charge >= 0.3 is 12.1 Å². The molecule has 84 valence electrons. The van der Waals surface area contributed by atoms with Crippen molar-refractivity contribution in [2.24, 2.45) is 5.92 Å². The predicted octanol–water partition coefficient (Wildman–Crippen LogP) is 2.78. The van der Waals surface area contributed by atoms with Gasteiger partial charge in [-0.2, -0.15) is 13.2 Å². The molecule has 0 radical (unpaired) electrons. The highest BCUT2D eigenvalue weighted by molar-refractivity contribution is 5.72. The van der Waals surface area contributed by atoms with Gasteiger partial charge in [0, 0.05) is 6.42 Å². The van der Waals surface area contributed by atoms with E-state index in [0.717, 1.165) is 0 Å². The van der Waals surface area contributed by atoms with Crippen molar-refractivity contribution in [3.63, 3.8) is 0 Å². The Labute approximate surface area is 78.9 Å². The third-order valence-electron chi connectivity index (χ3n) is 1.86. The summed E-state index contributed by atoms with van der Waals surface area (Å²) in [6, 6.07) is 0. The minimum absolute atomic E-state index is 0.0764. The fraction of sp³-hybridized carbons (Fsp3) is 0.875. The Hall–Kier alpha value is -0.810. The summed E-state index contributed by atoms with van der Waals surface area (Å²) in [7, 11) is 0. The van der Waals surface area contributed by atoms with Crippen molar-refractivity contribution >= 4 is 5.97 Å². The van der Waals surface area contributed by atoms with E-state index >= 15 is 0 Å². The fourth-order valence-corrected chi connectivity index (χ4v) is 1.01. The lowest BCUT2D eigenvalue weighted by molar-refractivity contribution is -0.145. The summed E-state index contributed by atoms with van der Waals surface area (Å²) in [6.45, 7) is 1.29. The molecule has 0 bridgehead atoms. The van der Waals surface area contributed by atoms with Crippen LogP contribution in [0.4, 0.5) is 17.6 Å². The fourth-order valence-electron chi connectivity index (χ4n) is 1.01. The Morgan fingerprint density at radius 1 is 1.43 bits per heavy atom. The van der Waals surface area contributed by atoms with Crippen LogP contribution in [-0.4, -0.2) is 23.4 Å². The van der Waals surface area contributed by atoms with Gasteiger partial charge < -0.3 is 5.11 Å². The maximum atomic E-state index is 12.7. The second-order valence-electron chi connectivity index (χ2n) is 3.22. The van der Waals surface area contributed by atoms with Crippen LogP contribution in [0.1, 0.15) is 26.2 Å². The van der Waals surface area contributed by atoms with Crippen molar-refractivity contribution in [3.05, 3.63) is 0 Å². The zero-order chi connectivity index (χ0) is 11.4. The summed E-state index contributed by atoms with van der Waals surface area (Å²) in [5.74, 6) is -2.50. The molecule has 0 amide bonds. The van der Waals surface area contributed by atoms with Crippen LogP contribution >= 0.6 is 0 Å². The molecule has 0 saturated heterocycles. The zero-order valence-electron chi connectivity index (χ0n) is 7.64. The molecule has 2 nitrogen and oxygen atoms in total. The average Bonchev–Trinajstić information content (AvgIpc) is 2.00. The summed E-state index contributed by atoms with van der Waals surface area (Å²) in [5, 5.41) is 8.21.